The summed E-state index contributed by atoms with van der Waals surface area (Å²) in [7, 11) is 0. The van der Waals surface area contributed by atoms with Crippen LogP contribution in [0.1, 0.15) is 65.0 Å². The smallest absolute Gasteiger partial charge is 0.333 e. The van der Waals surface area contributed by atoms with Crippen LogP contribution in [-0.4, -0.2) is 21.6 Å². The normalized spacial score (nSPS) is 17.0. The van der Waals surface area contributed by atoms with Crippen LogP contribution in [-0.2, 0) is 12.8 Å². The van der Waals surface area contributed by atoms with Crippen molar-refractivity contribution in [3.63, 3.8) is 0 Å². The number of aromatic nitrogens is 2. The van der Waals surface area contributed by atoms with E-state index in [1.807, 2.05) is 0 Å². The van der Waals surface area contributed by atoms with Crippen molar-refractivity contribution < 1.29 is 18.4 Å². The summed E-state index contributed by atoms with van der Waals surface area (Å²) in [5.74, 6) is -0.922. The fourth-order valence-corrected chi connectivity index (χ4v) is 4.82. The summed E-state index contributed by atoms with van der Waals surface area (Å²) in [6.07, 6.45) is 3.56. The van der Waals surface area contributed by atoms with Crippen molar-refractivity contribution in [1.29, 1.82) is 0 Å². The molecule has 0 aromatic carbocycles. The largest absolute Gasteiger partial charge is 0.365 e. The van der Waals surface area contributed by atoms with Crippen LogP contribution in [0.3, 0.4) is 0 Å². The molecule has 0 spiro atoms. The molecule has 9 heteroatoms. The summed E-state index contributed by atoms with van der Waals surface area (Å²) < 4.78 is 26.2. The Morgan fingerprint density at radius 2 is 2.11 bits per heavy atom. The van der Waals surface area contributed by atoms with Gasteiger partial charge in [0, 0.05) is 11.1 Å². The van der Waals surface area contributed by atoms with E-state index in [-0.39, 0.29) is 11.1 Å². The number of nitrogens with one attached hydrogen (secondary N) is 1. The van der Waals surface area contributed by atoms with Crippen molar-refractivity contribution in [2.24, 2.45) is 17.1 Å². The first-order valence-corrected chi connectivity index (χ1v) is 9.48. The molecule has 2 amide bonds. The summed E-state index contributed by atoms with van der Waals surface area (Å²) >= 11 is 1.30. The highest BCUT2D eigenvalue weighted by atomic mass is 32.1. The SMILES string of the molecule is CC(C)(C)[C@@H]1CCc2c(sc(NC(=O)c3ccnn3C(F)F)c2C(N)=O)C1. The first-order chi connectivity index (χ1) is 12.6. The summed E-state index contributed by atoms with van der Waals surface area (Å²) in [5, 5.41) is 6.35. The lowest BCUT2D eigenvalue weighted by Gasteiger charge is -2.33. The van der Waals surface area contributed by atoms with Gasteiger partial charge in [0.1, 0.15) is 10.7 Å². The molecule has 2 heterocycles. The monoisotopic (exact) mass is 396 g/mol. The Balaban J connectivity index is 1.92. The third kappa shape index (κ3) is 3.73. The number of amides is 2. The van der Waals surface area contributed by atoms with Crippen LogP contribution in [0.25, 0.3) is 0 Å². The quantitative estimate of drug-likeness (QED) is 0.823. The number of nitrogens with two attached hydrogens (primary N) is 1. The zero-order valence-corrected chi connectivity index (χ0v) is 16.2. The number of rotatable bonds is 4. The number of hydrogen-bond acceptors (Lipinski definition) is 4. The molecule has 1 atom stereocenters. The predicted molar refractivity (Wildman–Crippen MR) is 99.2 cm³/mol. The van der Waals surface area contributed by atoms with Gasteiger partial charge in [0.05, 0.1) is 5.56 Å². The predicted octanol–water partition coefficient (Wildman–Crippen LogP) is 3.84. The van der Waals surface area contributed by atoms with E-state index in [9.17, 15) is 18.4 Å². The third-order valence-electron chi connectivity index (χ3n) is 5.05. The van der Waals surface area contributed by atoms with Crippen molar-refractivity contribution in [2.45, 2.75) is 46.6 Å². The molecular weight excluding hydrogens is 374 g/mol. The average Bonchev–Trinajstić information content (AvgIpc) is 3.17. The molecular formula is C18H22F2N4O2S. The summed E-state index contributed by atoms with van der Waals surface area (Å²) in [6.45, 7) is 3.61. The minimum absolute atomic E-state index is 0.127. The number of carbonyl (C=O) groups is 2. The summed E-state index contributed by atoms with van der Waals surface area (Å²) in [5.41, 5.74) is 6.56. The number of fused-ring (bicyclic) bond motifs is 1. The molecule has 0 fully saturated rings. The third-order valence-corrected chi connectivity index (χ3v) is 6.22. The van der Waals surface area contributed by atoms with Gasteiger partial charge < -0.3 is 11.1 Å². The molecule has 0 aliphatic heterocycles. The zero-order chi connectivity index (χ0) is 19.9. The lowest BCUT2D eigenvalue weighted by atomic mass is 9.72. The van der Waals surface area contributed by atoms with E-state index in [1.165, 1.54) is 17.4 Å². The molecule has 3 N–H and O–H groups in total. The average molecular weight is 396 g/mol. The first kappa shape index (κ1) is 19.5. The highest BCUT2D eigenvalue weighted by Crippen LogP contribution is 2.44. The van der Waals surface area contributed by atoms with Crippen LogP contribution >= 0.6 is 11.3 Å². The van der Waals surface area contributed by atoms with Gasteiger partial charge in [-0.2, -0.15) is 18.6 Å². The molecule has 6 nitrogen and oxygen atoms in total. The molecule has 3 rings (SSSR count). The van der Waals surface area contributed by atoms with E-state index in [2.05, 4.69) is 31.2 Å². The Morgan fingerprint density at radius 3 is 2.70 bits per heavy atom. The van der Waals surface area contributed by atoms with Crippen LogP contribution in [0, 0.1) is 11.3 Å². The maximum atomic E-state index is 13.0. The van der Waals surface area contributed by atoms with E-state index in [0.29, 0.717) is 27.6 Å². The van der Waals surface area contributed by atoms with Gasteiger partial charge >= 0.3 is 6.55 Å². The number of primary amides is 1. The first-order valence-electron chi connectivity index (χ1n) is 8.67. The van der Waals surface area contributed by atoms with Crippen molar-refractivity contribution in [1.82, 2.24) is 9.78 Å². The second-order valence-electron chi connectivity index (χ2n) is 7.77. The molecule has 146 valence electrons. The number of anilines is 1. The summed E-state index contributed by atoms with van der Waals surface area (Å²) in [4.78, 5) is 25.5. The van der Waals surface area contributed by atoms with Gasteiger partial charge in [0.25, 0.3) is 11.8 Å². The molecule has 0 saturated carbocycles. The Morgan fingerprint density at radius 1 is 1.41 bits per heavy atom. The molecule has 0 saturated heterocycles. The van der Waals surface area contributed by atoms with Gasteiger partial charge in [-0.25, -0.2) is 0 Å². The van der Waals surface area contributed by atoms with Crippen LogP contribution < -0.4 is 11.1 Å². The van der Waals surface area contributed by atoms with Crippen molar-refractivity contribution in [3.8, 4) is 0 Å². The van der Waals surface area contributed by atoms with E-state index >= 15 is 0 Å². The minimum Gasteiger partial charge on any atom is -0.365 e. The fourth-order valence-electron chi connectivity index (χ4n) is 3.49. The Labute approximate surface area is 159 Å². The highest BCUT2D eigenvalue weighted by Gasteiger charge is 2.33. The van der Waals surface area contributed by atoms with Gasteiger partial charge in [-0.3, -0.25) is 9.59 Å². The number of hydrogen-bond donors (Lipinski definition) is 2. The van der Waals surface area contributed by atoms with Gasteiger partial charge in [-0.1, -0.05) is 20.8 Å². The molecule has 0 bridgehead atoms. The lowest BCUT2D eigenvalue weighted by Crippen LogP contribution is -2.27. The van der Waals surface area contributed by atoms with Crippen molar-refractivity contribution in [3.05, 3.63) is 34.0 Å². The highest BCUT2D eigenvalue weighted by molar-refractivity contribution is 7.17. The number of carbonyl (C=O) groups excluding carboxylic acids is 2. The Bertz CT molecular complexity index is 883. The Hall–Kier alpha value is -2.29. The maximum Gasteiger partial charge on any atom is 0.333 e. The van der Waals surface area contributed by atoms with Gasteiger partial charge in [-0.15, -0.1) is 11.3 Å². The molecule has 2 aromatic heterocycles. The van der Waals surface area contributed by atoms with E-state index in [0.717, 1.165) is 29.5 Å². The van der Waals surface area contributed by atoms with Gasteiger partial charge in [0.15, 0.2) is 0 Å². The second-order valence-corrected chi connectivity index (χ2v) is 8.88. The number of thiophene rings is 1. The molecule has 0 radical (unpaired) electrons. The van der Waals surface area contributed by atoms with E-state index in [1.54, 1.807) is 0 Å². The molecule has 27 heavy (non-hydrogen) atoms. The molecule has 0 unspecified atom stereocenters. The van der Waals surface area contributed by atoms with Crippen LogP contribution in [0.4, 0.5) is 13.8 Å². The number of halogens is 2. The van der Waals surface area contributed by atoms with Crippen LogP contribution in [0.2, 0.25) is 0 Å². The minimum atomic E-state index is -2.93. The molecule has 2 aromatic rings. The topological polar surface area (TPSA) is 90.0 Å². The van der Waals surface area contributed by atoms with Crippen LogP contribution in [0.15, 0.2) is 12.3 Å². The van der Waals surface area contributed by atoms with Crippen molar-refractivity contribution >= 4 is 28.2 Å². The van der Waals surface area contributed by atoms with Crippen molar-refractivity contribution in [2.75, 3.05) is 5.32 Å². The molecule has 1 aliphatic carbocycles. The van der Waals surface area contributed by atoms with Crippen LogP contribution in [0.5, 0.6) is 0 Å². The zero-order valence-electron chi connectivity index (χ0n) is 15.4. The number of alkyl halides is 2. The standard InChI is InChI=1S/C18H22F2N4O2S/c1-18(2,3)9-4-5-10-12(8-9)27-16(13(10)14(21)25)23-15(26)11-6-7-22-24(11)17(19)20/h6-7,9,17H,4-5,8H2,1-3H3,(H2,21,25)(H,23,26)/t9-/m1/s1. The van der Waals surface area contributed by atoms with Gasteiger partial charge in [0.2, 0.25) is 0 Å². The maximum absolute atomic E-state index is 13.0. The van der Waals surface area contributed by atoms with E-state index < -0.39 is 18.4 Å². The number of nitrogens with zero attached hydrogens (tertiary/aromatic N) is 2. The lowest BCUT2D eigenvalue weighted by molar-refractivity contribution is 0.0520. The van der Waals surface area contributed by atoms with E-state index in [4.69, 9.17) is 5.73 Å². The second kappa shape index (κ2) is 7.03. The summed E-state index contributed by atoms with van der Waals surface area (Å²) in [6, 6.07) is 1.20. The van der Waals surface area contributed by atoms with Gasteiger partial charge in [-0.05, 0) is 42.2 Å². The Kier molecular flexibility index (Phi) is 5.07. The molecule has 1 aliphatic rings. The fraction of sp³-hybridized carbons (Fsp3) is 0.500.